The van der Waals surface area contributed by atoms with E-state index in [9.17, 15) is 4.79 Å². The molecule has 0 aromatic carbocycles. The molecule has 0 aliphatic rings. The van der Waals surface area contributed by atoms with Crippen LogP contribution in [0.2, 0.25) is 0 Å². The molecule has 84 valence electrons. The first-order valence-corrected chi connectivity index (χ1v) is 4.03. The fraction of sp³-hybridized carbons (Fsp3) is 0.833. The maximum absolute atomic E-state index is 10.3. The predicted octanol–water partition coefficient (Wildman–Crippen LogP) is -3.24. The number of aliphatic hydroxyl groups excluding tert-OH is 4. The summed E-state index contributed by atoms with van der Waals surface area (Å²) in [5.41, 5.74) is 0. The molecule has 0 fully saturated rings. The third kappa shape index (κ3) is 2.80. The molecule has 7 nitrogen and oxygen atoms in total. The van der Waals surface area contributed by atoms with Crippen LogP contribution < -0.4 is 0 Å². The average molecular weight is 228 g/mol. The van der Waals surface area contributed by atoms with E-state index in [1.165, 1.54) is 0 Å². The number of carboxylic acids is 1. The molecule has 0 aromatic rings. The number of hydrogen-bond donors (Lipinski definition) is 7. The topological polar surface area (TPSA) is 138 Å². The lowest BCUT2D eigenvalue weighted by molar-refractivity contribution is -0.170. The van der Waals surface area contributed by atoms with Crippen LogP contribution in [0.25, 0.3) is 0 Å². The van der Waals surface area contributed by atoms with Crippen LogP contribution in [-0.2, 0) is 4.79 Å². The van der Waals surface area contributed by atoms with Gasteiger partial charge in [0.2, 0.25) is 4.93 Å². The van der Waals surface area contributed by atoms with E-state index in [2.05, 4.69) is 12.6 Å². The highest BCUT2D eigenvalue weighted by Crippen LogP contribution is 2.20. The number of carboxylic acid groups (broad SMARTS) is 1. The molecule has 0 unspecified atom stereocenters. The van der Waals surface area contributed by atoms with Gasteiger partial charge in [0.05, 0.1) is 6.61 Å². The molecule has 4 atom stereocenters. The lowest BCUT2D eigenvalue weighted by Crippen LogP contribution is -2.54. The van der Waals surface area contributed by atoms with Crippen molar-refractivity contribution in [3.05, 3.63) is 0 Å². The number of hydrogen-bond acceptors (Lipinski definition) is 7. The monoisotopic (exact) mass is 228 g/mol. The molecule has 0 rings (SSSR count). The second kappa shape index (κ2) is 4.91. The van der Waals surface area contributed by atoms with E-state index in [0.29, 0.717) is 0 Å². The Morgan fingerprint density at radius 2 is 1.79 bits per heavy atom. The molecule has 6 N–H and O–H groups in total. The van der Waals surface area contributed by atoms with E-state index in [-0.39, 0.29) is 0 Å². The number of thiol groups is 1. The van der Waals surface area contributed by atoms with Gasteiger partial charge in [-0.2, -0.15) is 0 Å². The predicted molar refractivity (Wildman–Crippen MR) is 46.7 cm³/mol. The maximum atomic E-state index is 10.3. The highest BCUT2D eigenvalue weighted by Gasteiger charge is 2.45. The molecule has 0 radical (unpaired) electrons. The van der Waals surface area contributed by atoms with E-state index in [1.807, 2.05) is 0 Å². The largest absolute Gasteiger partial charge is 0.478 e. The Labute approximate surface area is 84.6 Å². The molecule has 0 spiro atoms. The Balaban J connectivity index is 4.60. The van der Waals surface area contributed by atoms with Crippen LogP contribution in [0.15, 0.2) is 0 Å². The van der Waals surface area contributed by atoms with Gasteiger partial charge in [0.15, 0.2) is 0 Å². The standard InChI is InChI=1S/C6H12O7S/c7-1-2(8)3(9)4(10)6(13,14)5(11)12/h2-4,7-10,13-14H,1H2,(H,11,12)/t2-,3-,4-,6+/m1/s1. The quantitative estimate of drug-likeness (QED) is 0.194. The van der Waals surface area contributed by atoms with E-state index >= 15 is 0 Å². The number of rotatable bonds is 5. The molecule has 0 amide bonds. The molecule has 0 aromatic heterocycles. The lowest BCUT2D eigenvalue weighted by atomic mass is 10.0. The van der Waals surface area contributed by atoms with E-state index in [1.54, 1.807) is 0 Å². The van der Waals surface area contributed by atoms with Gasteiger partial charge in [-0.1, -0.05) is 0 Å². The fourth-order valence-corrected chi connectivity index (χ4v) is 0.836. The smallest absolute Gasteiger partial charge is 0.349 e. The third-order valence-electron chi connectivity index (χ3n) is 1.63. The molecule has 0 bridgehead atoms. The third-order valence-corrected chi connectivity index (χ3v) is 2.09. The summed E-state index contributed by atoms with van der Waals surface area (Å²) in [4.78, 5) is 7.44. The van der Waals surface area contributed by atoms with Crippen LogP contribution in [0.5, 0.6) is 0 Å². The summed E-state index contributed by atoms with van der Waals surface area (Å²) in [6.45, 7) is -0.887. The second-order valence-corrected chi connectivity index (χ2v) is 3.40. The SMILES string of the molecule is O=C(O)[C@@](O)(S)[C@H](O)[C@H](O)[C@H](O)CO. The van der Waals surface area contributed by atoms with Crippen molar-refractivity contribution in [1.82, 2.24) is 0 Å². The van der Waals surface area contributed by atoms with Crippen molar-refractivity contribution in [3.63, 3.8) is 0 Å². The summed E-state index contributed by atoms with van der Waals surface area (Å²) >= 11 is 3.20. The highest BCUT2D eigenvalue weighted by molar-refractivity contribution is 7.82. The van der Waals surface area contributed by atoms with Gasteiger partial charge in [0.25, 0.3) is 0 Å². The Morgan fingerprint density at radius 3 is 2.07 bits per heavy atom. The van der Waals surface area contributed by atoms with E-state index in [4.69, 9.17) is 30.6 Å². The zero-order chi connectivity index (χ0) is 11.5. The van der Waals surface area contributed by atoms with Crippen molar-refractivity contribution in [2.45, 2.75) is 23.2 Å². The van der Waals surface area contributed by atoms with Gasteiger partial charge in [-0.25, -0.2) is 4.79 Å². The molecular weight excluding hydrogens is 216 g/mol. The Kier molecular flexibility index (Phi) is 4.78. The van der Waals surface area contributed by atoms with Gasteiger partial charge in [0.1, 0.15) is 18.3 Å². The van der Waals surface area contributed by atoms with Crippen LogP contribution in [0.1, 0.15) is 0 Å². The minimum Gasteiger partial charge on any atom is -0.478 e. The van der Waals surface area contributed by atoms with Crippen molar-refractivity contribution in [2.75, 3.05) is 6.61 Å². The van der Waals surface area contributed by atoms with Crippen molar-refractivity contribution in [2.24, 2.45) is 0 Å². The molecule has 0 heterocycles. The average Bonchev–Trinajstić information content (AvgIpc) is 2.13. The summed E-state index contributed by atoms with van der Waals surface area (Å²) < 4.78 is 0. The van der Waals surface area contributed by atoms with Gasteiger partial charge >= 0.3 is 5.97 Å². The second-order valence-electron chi connectivity index (χ2n) is 2.72. The van der Waals surface area contributed by atoms with Gasteiger partial charge < -0.3 is 30.6 Å². The van der Waals surface area contributed by atoms with Crippen molar-refractivity contribution in [1.29, 1.82) is 0 Å². The van der Waals surface area contributed by atoms with Gasteiger partial charge in [-0.3, -0.25) is 0 Å². The molecule has 0 aliphatic heterocycles. The Morgan fingerprint density at radius 1 is 1.36 bits per heavy atom. The van der Waals surface area contributed by atoms with Crippen molar-refractivity contribution >= 4 is 18.6 Å². The summed E-state index contributed by atoms with van der Waals surface area (Å²) in [7, 11) is 0. The van der Waals surface area contributed by atoms with Crippen molar-refractivity contribution < 1.29 is 35.4 Å². The first kappa shape index (κ1) is 13.6. The minimum absolute atomic E-state index is 0.887. The molecule has 8 heteroatoms. The van der Waals surface area contributed by atoms with Gasteiger partial charge in [0, 0.05) is 0 Å². The summed E-state index contributed by atoms with van der Waals surface area (Å²) in [6.07, 6.45) is -6.01. The van der Waals surface area contributed by atoms with Gasteiger partial charge in [-0.15, -0.1) is 12.6 Å². The number of carbonyl (C=O) groups is 1. The fourth-order valence-electron chi connectivity index (χ4n) is 0.683. The first-order valence-electron chi connectivity index (χ1n) is 3.58. The maximum Gasteiger partial charge on any atom is 0.349 e. The van der Waals surface area contributed by atoms with Crippen LogP contribution in [0.4, 0.5) is 0 Å². The number of aliphatic carboxylic acids is 1. The number of aliphatic hydroxyl groups is 5. The van der Waals surface area contributed by atoms with Gasteiger partial charge in [-0.05, 0) is 0 Å². The zero-order valence-corrected chi connectivity index (χ0v) is 7.87. The van der Waals surface area contributed by atoms with E-state index in [0.717, 1.165) is 0 Å². The summed E-state index contributed by atoms with van der Waals surface area (Å²) in [5, 5.41) is 52.8. The zero-order valence-electron chi connectivity index (χ0n) is 6.98. The van der Waals surface area contributed by atoms with Crippen LogP contribution in [-0.4, -0.2) is 66.5 Å². The normalized spacial score (nSPS) is 22.1. The molecule has 0 saturated carbocycles. The highest BCUT2D eigenvalue weighted by atomic mass is 32.1. The molecule has 14 heavy (non-hydrogen) atoms. The Hall–Kier alpha value is -0.380. The lowest BCUT2D eigenvalue weighted by Gasteiger charge is -2.29. The molecule has 0 aliphatic carbocycles. The molecule has 0 saturated heterocycles. The minimum atomic E-state index is -2.89. The molecular formula is C6H12O7S. The van der Waals surface area contributed by atoms with Crippen molar-refractivity contribution in [3.8, 4) is 0 Å². The first-order chi connectivity index (χ1) is 6.25. The summed E-state index contributed by atoms with van der Waals surface area (Å²) in [5.74, 6) is -1.88. The van der Waals surface area contributed by atoms with Crippen LogP contribution >= 0.6 is 12.6 Å². The summed E-state index contributed by atoms with van der Waals surface area (Å²) in [6, 6.07) is 0. The van der Waals surface area contributed by atoms with Crippen LogP contribution in [0.3, 0.4) is 0 Å². The van der Waals surface area contributed by atoms with Crippen LogP contribution in [0, 0.1) is 0 Å². The van der Waals surface area contributed by atoms with E-state index < -0.39 is 35.8 Å². The Bertz CT molecular complexity index is 206.